The van der Waals surface area contributed by atoms with Crippen molar-refractivity contribution in [3.8, 4) is 0 Å². The van der Waals surface area contributed by atoms with Crippen molar-refractivity contribution in [1.82, 2.24) is 20.0 Å². The van der Waals surface area contributed by atoms with Gasteiger partial charge in [0.2, 0.25) is 0 Å². The zero-order chi connectivity index (χ0) is 35.8. The molecule has 50 heavy (non-hydrogen) atoms. The Morgan fingerprint density at radius 3 is 1.48 bits per heavy atom. The van der Waals surface area contributed by atoms with Crippen LogP contribution in [0.4, 0.5) is 0 Å². The Labute approximate surface area is 297 Å². The fourth-order valence-corrected chi connectivity index (χ4v) is 7.85. The summed E-state index contributed by atoms with van der Waals surface area (Å²) in [6, 6.07) is 16.4. The maximum absolute atomic E-state index is 12.5. The third kappa shape index (κ3) is 8.88. The van der Waals surface area contributed by atoms with E-state index in [9.17, 15) is 24.3 Å². The highest BCUT2D eigenvalue weighted by Gasteiger charge is 2.40. The number of aliphatic hydroxyl groups excluding tert-OH is 1. The van der Waals surface area contributed by atoms with Crippen LogP contribution >= 0.6 is 0 Å². The van der Waals surface area contributed by atoms with E-state index in [0.717, 1.165) is 37.8 Å². The van der Waals surface area contributed by atoms with E-state index < -0.39 is 6.10 Å². The summed E-state index contributed by atoms with van der Waals surface area (Å²) < 4.78 is 5.02. The topological polar surface area (TPSA) is 123 Å². The van der Waals surface area contributed by atoms with Gasteiger partial charge in [-0.3, -0.25) is 33.9 Å². The molecule has 0 aromatic heterocycles. The average Bonchev–Trinajstić information content (AvgIpc) is 3.92. The first-order valence-corrected chi connectivity index (χ1v) is 18.9. The van der Waals surface area contributed by atoms with Crippen molar-refractivity contribution >= 4 is 23.6 Å². The van der Waals surface area contributed by atoms with Crippen molar-refractivity contribution < 1.29 is 29.0 Å². The molecule has 10 heteroatoms. The van der Waals surface area contributed by atoms with E-state index in [1.54, 1.807) is 48.5 Å². The van der Waals surface area contributed by atoms with Gasteiger partial charge in [0.05, 0.1) is 54.2 Å². The number of likely N-dealkylation sites (tertiary alicyclic amines) is 1. The molecular formula is C40H56N4O6. The number of carbonyl (C=O) groups excluding carboxylic acids is 4. The zero-order valence-corrected chi connectivity index (χ0v) is 30.3. The molecule has 5 aliphatic heterocycles. The number of hydrogen-bond donors (Lipinski definition) is 2. The fraction of sp³-hybridized carbons (Fsp3) is 0.600. The fourth-order valence-electron chi connectivity index (χ4n) is 7.85. The number of piperidine rings is 2. The summed E-state index contributed by atoms with van der Waals surface area (Å²) in [7, 11) is 0. The SMILES string of the molecule is CC[C@@H]1CCC[C@H](CC)N1.CC[C@@H]1CCC[C@H](CC)N1C[C@@H](O)CN1C(=O)c2ccccc2C1=O.O=C1c2ccccc2C(=O)N1C[C@@H]1CO1. The molecule has 0 bridgehead atoms. The predicted molar refractivity (Wildman–Crippen MR) is 193 cm³/mol. The van der Waals surface area contributed by atoms with Crippen LogP contribution in [0.15, 0.2) is 48.5 Å². The van der Waals surface area contributed by atoms with Gasteiger partial charge in [0.15, 0.2) is 0 Å². The Bertz CT molecular complexity index is 1400. The molecule has 272 valence electrons. The highest BCUT2D eigenvalue weighted by Crippen LogP contribution is 2.28. The van der Waals surface area contributed by atoms with Gasteiger partial charge in [0.25, 0.3) is 23.6 Å². The number of epoxide rings is 1. The summed E-state index contributed by atoms with van der Waals surface area (Å²) >= 11 is 0. The molecule has 0 unspecified atom stereocenters. The molecule has 0 aliphatic carbocycles. The van der Waals surface area contributed by atoms with Crippen molar-refractivity contribution in [2.75, 3.05) is 26.2 Å². The van der Waals surface area contributed by atoms with Crippen molar-refractivity contribution in [3.05, 3.63) is 70.8 Å². The number of ether oxygens (including phenoxy) is 1. The second-order valence-electron chi connectivity index (χ2n) is 14.2. The largest absolute Gasteiger partial charge is 0.390 e. The number of aliphatic hydroxyl groups is 1. The summed E-state index contributed by atoms with van der Waals surface area (Å²) in [6.45, 7) is 10.5. The maximum atomic E-state index is 12.5. The number of nitrogens with one attached hydrogen (secondary N) is 1. The van der Waals surface area contributed by atoms with Crippen LogP contribution in [0, 0.1) is 0 Å². The van der Waals surface area contributed by atoms with Crippen molar-refractivity contribution in [2.45, 2.75) is 128 Å². The van der Waals surface area contributed by atoms with Gasteiger partial charge < -0.3 is 15.2 Å². The third-order valence-corrected chi connectivity index (χ3v) is 10.9. The molecule has 3 saturated heterocycles. The average molecular weight is 689 g/mol. The minimum Gasteiger partial charge on any atom is -0.390 e. The number of carbonyl (C=O) groups is 4. The van der Waals surface area contributed by atoms with Crippen LogP contribution in [0.5, 0.6) is 0 Å². The van der Waals surface area contributed by atoms with E-state index in [1.165, 1.54) is 48.3 Å². The number of benzene rings is 2. The Balaban J connectivity index is 0.000000163. The number of rotatable bonds is 10. The molecule has 3 fully saturated rings. The lowest BCUT2D eigenvalue weighted by atomic mass is 9.92. The first-order valence-electron chi connectivity index (χ1n) is 18.9. The molecule has 6 atom stereocenters. The molecule has 0 spiro atoms. The van der Waals surface area contributed by atoms with Gasteiger partial charge in [-0.15, -0.1) is 0 Å². The Morgan fingerprint density at radius 1 is 0.660 bits per heavy atom. The van der Waals surface area contributed by atoms with Crippen LogP contribution in [-0.4, -0.2) is 106 Å². The molecule has 2 aromatic carbocycles. The molecule has 7 rings (SSSR count). The van der Waals surface area contributed by atoms with Gasteiger partial charge in [-0.2, -0.15) is 0 Å². The molecule has 2 aromatic rings. The molecule has 5 aliphatic rings. The van der Waals surface area contributed by atoms with E-state index in [-0.39, 0.29) is 36.3 Å². The van der Waals surface area contributed by atoms with Crippen LogP contribution < -0.4 is 5.32 Å². The zero-order valence-electron chi connectivity index (χ0n) is 30.3. The molecule has 10 nitrogen and oxygen atoms in total. The first-order chi connectivity index (χ1) is 24.2. The number of nitrogens with zero attached hydrogens (tertiary/aromatic N) is 3. The van der Waals surface area contributed by atoms with Crippen LogP contribution in [0.2, 0.25) is 0 Å². The van der Waals surface area contributed by atoms with Gasteiger partial charge >= 0.3 is 0 Å². The van der Waals surface area contributed by atoms with Crippen molar-refractivity contribution in [2.24, 2.45) is 0 Å². The van der Waals surface area contributed by atoms with Crippen LogP contribution in [-0.2, 0) is 4.74 Å². The Hall–Kier alpha value is -3.44. The summed E-state index contributed by atoms with van der Waals surface area (Å²) in [5, 5.41) is 14.3. The van der Waals surface area contributed by atoms with E-state index in [1.807, 2.05) is 0 Å². The molecule has 5 heterocycles. The second kappa shape index (κ2) is 17.7. The number of imide groups is 2. The standard InChI is InChI=1S/C20H28N2O3.C11H9NO3.C9H19N/c1-3-14-8-7-9-15(4-2)21(14)12-16(23)13-22-19(24)17-10-5-6-11-18(17)20(22)25;13-10-8-3-1-2-4-9(8)11(14)12(10)5-7-6-15-7;1-3-8-6-5-7-9(4-2)10-8/h5-6,10-11,14-16,23H,3-4,7-9,12-13H2,1-2H3;1-4,7H,5-6H2;8-10H,3-7H2,1-2H3/t14-,15+,16-;7-;8-,9+/m11./s1. The Kier molecular flexibility index (Phi) is 13.4. The van der Waals surface area contributed by atoms with Gasteiger partial charge in [0.1, 0.15) is 0 Å². The minimum atomic E-state index is -0.719. The summed E-state index contributed by atoms with van der Waals surface area (Å²) in [5.74, 6) is -0.994. The van der Waals surface area contributed by atoms with Crippen molar-refractivity contribution in [3.63, 3.8) is 0 Å². The molecular weight excluding hydrogens is 632 g/mol. The van der Waals surface area contributed by atoms with E-state index in [2.05, 4.69) is 37.9 Å². The van der Waals surface area contributed by atoms with Gasteiger partial charge in [0, 0.05) is 30.7 Å². The van der Waals surface area contributed by atoms with Gasteiger partial charge in [-0.1, -0.05) is 64.8 Å². The number of fused-ring (bicyclic) bond motifs is 2. The van der Waals surface area contributed by atoms with E-state index >= 15 is 0 Å². The summed E-state index contributed by atoms with van der Waals surface area (Å²) in [5.41, 5.74) is 1.89. The third-order valence-electron chi connectivity index (χ3n) is 10.9. The number of β-amino-alcohol motifs (C(OH)–C–C–N with tert-alkyl or cyclic N) is 1. The Morgan fingerprint density at radius 2 is 1.08 bits per heavy atom. The lowest BCUT2D eigenvalue weighted by Gasteiger charge is -2.43. The molecule has 0 saturated carbocycles. The van der Waals surface area contributed by atoms with Crippen molar-refractivity contribution in [1.29, 1.82) is 0 Å². The number of amides is 4. The van der Waals surface area contributed by atoms with Gasteiger partial charge in [-0.25, -0.2) is 0 Å². The minimum absolute atomic E-state index is 0.0483. The molecule has 2 N–H and O–H groups in total. The maximum Gasteiger partial charge on any atom is 0.261 e. The predicted octanol–water partition coefficient (Wildman–Crippen LogP) is 5.69. The van der Waals surface area contributed by atoms with Crippen LogP contribution in [0.25, 0.3) is 0 Å². The smallest absolute Gasteiger partial charge is 0.261 e. The first kappa shape index (κ1) is 37.8. The lowest BCUT2D eigenvalue weighted by molar-refractivity contribution is 0.0136. The molecule has 0 radical (unpaired) electrons. The summed E-state index contributed by atoms with van der Waals surface area (Å²) in [4.78, 5) is 53.4. The quantitative estimate of drug-likeness (QED) is 0.242. The van der Waals surface area contributed by atoms with Crippen LogP contribution in [0.1, 0.15) is 133 Å². The van der Waals surface area contributed by atoms with E-state index in [0.29, 0.717) is 54.0 Å². The highest BCUT2D eigenvalue weighted by atomic mass is 16.6. The lowest BCUT2D eigenvalue weighted by Crippen LogP contribution is -2.51. The number of hydrogen-bond acceptors (Lipinski definition) is 8. The highest BCUT2D eigenvalue weighted by molar-refractivity contribution is 6.22. The van der Waals surface area contributed by atoms with Crippen LogP contribution in [0.3, 0.4) is 0 Å². The van der Waals surface area contributed by atoms with Gasteiger partial charge in [-0.05, 0) is 75.6 Å². The van der Waals surface area contributed by atoms with E-state index in [4.69, 9.17) is 4.74 Å². The normalized spacial score (nSPS) is 26.5. The summed E-state index contributed by atoms with van der Waals surface area (Å²) in [6.07, 6.45) is 11.8. The molecule has 4 amide bonds. The second-order valence-corrected chi connectivity index (χ2v) is 14.2. The monoisotopic (exact) mass is 688 g/mol.